The van der Waals surface area contributed by atoms with Gasteiger partial charge in [-0.2, -0.15) is 0 Å². The second-order valence-electron chi connectivity index (χ2n) is 9.96. The molecule has 0 unspecified atom stereocenters. The summed E-state index contributed by atoms with van der Waals surface area (Å²) in [6.45, 7) is 0. The Bertz CT molecular complexity index is 2410. The Morgan fingerprint density at radius 2 is 1.26 bits per heavy atom. The van der Waals surface area contributed by atoms with Crippen molar-refractivity contribution in [3.63, 3.8) is 0 Å². The molecule has 176 valence electrons. The third kappa shape index (κ3) is 2.42. The van der Waals surface area contributed by atoms with Crippen molar-refractivity contribution in [1.29, 1.82) is 0 Å². The van der Waals surface area contributed by atoms with Crippen LogP contribution in [0.15, 0.2) is 109 Å². The van der Waals surface area contributed by atoms with Gasteiger partial charge in [-0.3, -0.25) is 9.97 Å². The number of halogens is 1. The zero-order valence-corrected chi connectivity index (χ0v) is 20.1. The van der Waals surface area contributed by atoms with Crippen LogP contribution in [0.4, 0.5) is 4.39 Å². The fraction of sp³-hybridized carbons (Fsp3) is 0. The summed E-state index contributed by atoms with van der Waals surface area (Å²) in [5, 5.41) is 8.98. The molecule has 9 aromatic rings. The molecule has 9 rings (SSSR count). The molecule has 0 radical (unpaired) electrons. The van der Waals surface area contributed by atoms with E-state index < -0.39 is 0 Å². The number of hydrogen-bond donors (Lipinski definition) is 0. The highest BCUT2D eigenvalue weighted by molar-refractivity contribution is 6.27. The maximum atomic E-state index is 14.4. The van der Waals surface area contributed by atoms with Crippen LogP contribution < -0.4 is 0 Å². The van der Waals surface area contributed by atoms with E-state index in [-0.39, 0.29) is 5.82 Å². The molecule has 4 heteroatoms. The van der Waals surface area contributed by atoms with Crippen LogP contribution in [0.5, 0.6) is 0 Å². The molecule has 0 saturated carbocycles. The van der Waals surface area contributed by atoms with Crippen molar-refractivity contribution in [2.45, 2.75) is 0 Å². The topological polar surface area (TPSA) is 30.2 Å². The van der Waals surface area contributed by atoms with Gasteiger partial charge in [0.05, 0.1) is 27.6 Å². The number of aromatic nitrogens is 3. The van der Waals surface area contributed by atoms with Gasteiger partial charge >= 0.3 is 0 Å². The maximum Gasteiger partial charge on any atom is 0.134 e. The lowest BCUT2D eigenvalue weighted by Crippen LogP contribution is -1.92. The lowest BCUT2D eigenvalue weighted by molar-refractivity contribution is 0.638. The van der Waals surface area contributed by atoms with Crippen LogP contribution in [-0.4, -0.2) is 14.4 Å². The normalized spacial score (nSPS) is 12.3. The van der Waals surface area contributed by atoms with Gasteiger partial charge in [0, 0.05) is 44.7 Å². The van der Waals surface area contributed by atoms with Gasteiger partial charge in [0.25, 0.3) is 0 Å². The molecule has 5 aromatic carbocycles. The largest absolute Gasteiger partial charge is 0.308 e. The Balaban J connectivity index is 1.41. The van der Waals surface area contributed by atoms with Crippen LogP contribution in [0.2, 0.25) is 0 Å². The van der Waals surface area contributed by atoms with Gasteiger partial charge in [-0.1, -0.05) is 60.7 Å². The SMILES string of the molecule is Fc1ccnc2c1ccc1c(-c3ccc4c(c3)c3cccc5c6cccc7cccc(c76)n4c53)ccnc12. The highest BCUT2D eigenvalue weighted by Crippen LogP contribution is 2.42. The molecule has 0 N–H and O–H groups in total. The summed E-state index contributed by atoms with van der Waals surface area (Å²) >= 11 is 0. The minimum atomic E-state index is -0.282. The van der Waals surface area contributed by atoms with Crippen LogP contribution in [0.25, 0.3) is 81.8 Å². The van der Waals surface area contributed by atoms with Crippen LogP contribution in [0.1, 0.15) is 0 Å². The number of benzene rings is 5. The molecule has 0 amide bonds. The van der Waals surface area contributed by atoms with Crippen molar-refractivity contribution in [2.75, 3.05) is 0 Å². The third-order valence-corrected chi connectivity index (χ3v) is 8.08. The summed E-state index contributed by atoms with van der Waals surface area (Å²) in [7, 11) is 0. The van der Waals surface area contributed by atoms with Crippen LogP contribution >= 0.6 is 0 Å². The third-order valence-electron chi connectivity index (χ3n) is 8.08. The van der Waals surface area contributed by atoms with E-state index in [0.717, 1.165) is 16.5 Å². The molecular weight excluding hydrogens is 469 g/mol. The fourth-order valence-corrected chi connectivity index (χ4v) is 6.48. The van der Waals surface area contributed by atoms with E-state index in [4.69, 9.17) is 0 Å². The van der Waals surface area contributed by atoms with Crippen LogP contribution in [0, 0.1) is 5.82 Å². The first-order valence-corrected chi connectivity index (χ1v) is 12.7. The zero-order chi connectivity index (χ0) is 25.0. The van der Waals surface area contributed by atoms with E-state index in [0.29, 0.717) is 16.4 Å². The summed E-state index contributed by atoms with van der Waals surface area (Å²) in [6, 6.07) is 33.6. The summed E-state index contributed by atoms with van der Waals surface area (Å²) < 4.78 is 16.9. The van der Waals surface area contributed by atoms with Gasteiger partial charge in [-0.15, -0.1) is 0 Å². The fourth-order valence-electron chi connectivity index (χ4n) is 6.48. The molecule has 0 aliphatic rings. The monoisotopic (exact) mass is 487 g/mol. The van der Waals surface area contributed by atoms with E-state index in [1.165, 1.54) is 61.1 Å². The summed E-state index contributed by atoms with van der Waals surface area (Å²) in [4.78, 5) is 9.06. The first-order valence-electron chi connectivity index (χ1n) is 12.7. The molecule has 0 atom stereocenters. The predicted octanol–water partition coefficient (Wildman–Crippen LogP) is 8.89. The summed E-state index contributed by atoms with van der Waals surface area (Å²) in [5.41, 5.74) is 7.11. The second-order valence-corrected chi connectivity index (χ2v) is 9.96. The van der Waals surface area contributed by atoms with Crippen LogP contribution in [-0.2, 0) is 0 Å². The lowest BCUT2D eigenvalue weighted by atomic mass is 9.98. The smallest absolute Gasteiger partial charge is 0.134 e. The highest BCUT2D eigenvalue weighted by Gasteiger charge is 2.18. The molecular formula is C34H18FN3. The zero-order valence-electron chi connectivity index (χ0n) is 20.1. The standard InChI is InChI=1S/C34H18FN3/c35-28-15-17-37-33-26(28)12-11-23-21(14-16-36-32(23)33)20-10-13-29-27(18-20)25-8-3-7-24-22-6-1-4-19-5-2-9-30(31(19)22)38(29)34(24)25/h1-18H. The first kappa shape index (κ1) is 20.0. The van der Waals surface area contributed by atoms with Gasteiger partial charge in [0.2, 0.25) is 0 Å². The Kier molecular flexibility index (Phi) is 3.70. The summed E-state index contributed by atoms with van der Waals surface area (Å²) in [5.74, 6) is -0.282. The number of pyridine rings is 3. The minimum absolute atomic E-state index is 0.282. The molecule has 0 saturated heterocycles. The Morgan fingerprint density at radius 1 is 0.553 bits per heavy atom. The van der Waals surface area contributed by atoms with Crippen molar-refractivity contribution in [2.24, 2.45) is 0 Å². The Morgan fingerprint density at radius 3 is 2.16 bits per heavy atom. The lowest BCUT2D eigenvalue weighted by Gasteiger charge is -2.12. The molecule has 0 aliphatic carbocycles. The number of nitrogens with zero attached hydrogens (tertiary/aromatic N) is 3. The molecule has 3 nitrogen and oxygen atoms in total. The molecule has 0 bridgehead atoms. The van der Waals surface area contributed by atoms with Gasteiger partial charge < -0.3 is 4.40 Å². The average Bonchev–Trinajstić information content (AvgIpc) is 3.30. The van der Waals surface area contributed by atoms with Crippen molar-refractivity contribution in [3.8, 4) is 11.1 Å². The van der Waals surface area contributed by atoms with E-state index in [2.05, 4.69) is 87.2 Å². The quantitative estimate of drug-likeness (QED) is 0.171. The average molecular weight is 488 g/mol. The molecule has 0 spiro atoms. The van der Waals surface area contributed by atoms with Gasteiger partial charge in [0.15, 0.2) is 0 Å². The van der Waals surface area contributed by atoms with Gasteiger partial charge in [-0.25, -0.2) is 4.39 Å². The van der Waals surface area contributed by atoms with Crippen LogP contribution in [0.3, 0.4) is 0 Å². The van der Waals surface area contributed by atoms with E-state index in [1.54, 1.807) is 6.20 Å². The molecule has 4 heterocycles. The second kappa shape index (κ2) is 7.02. The first-order chi connectivity index (χ1) is 18.8. The van der Waals surface area contributed by atoms with E-state index in [1.807, 2.05) is 18.2 Å². The number of hydrogen-bond acceptors (Lipinski definition) is 2. The van der Waals surface area contributed by atoms with E-state index >= 15 is 0 Å². The van der Waals surface area contributed by atoms with Gasteiger partial charge in [0.1, 0.15) is 5.82 Å². The summed E-state index contributed by atoms with van der Waals surface area (Å²) in [6.07, 6.45) is 3.30. The Labute approximate surface area is 215 Å². The van der Waals surface area contributed by atoms with Crippen molar-refractivity contribution in [3.05, 3.63) is 115 Å². The van der Waals surface area contributed by atoms with Crippen molar-refractivity contribution >= 4 is 70.7 Å². The molecule has 0 fully saturated rings. The van der Waals surface area contributed by atoms with Crippen molar-refractivity contribution < 1.29 is 4.39 Å². The molecule has 38 heavy (non-hydrogen) atoms. The Hall–Kier alpha value is -5.09. The van der Waals surface area contributed by atoms with Gasteiger partial charge in [-0.05, 0) is 58.3 Å². The maximum absolute atomic E-state index is 14.4. The number of fused-ring (bicyclic) bond motifs is 8. The highest BCUT2D eigenvalue weighted by atomic mass is 19.1. The van der Waals surface area contributed by atoms with Crippen molar-refractivity contribution in [1.82, 2.24) is 14.4 Å². The number of rotatable bonds is 1. The minimum Gasteiger partial charge on any atom is -0.308 e. The number of para-hydroxylation sites is 1. The molecule has 0 aliphatic heterocycles. The van der Waals surface area contributed by atoms with E-state index in [9.17, 15) is 4.39 Å². The predicted molar refractivity (Wildman–Crippen MR) is 155 cm³/mol. The molecule has 4 aromatic heterocycles.